The van der Waals surface area contributed by atoms with Gasteiger partial charge in [-0.15, -0.1) is 0 Å². The van der Waals surface area contributed by atoms with Crippen molar-refractivity contribution in [2.24, 2.45) is 5.92 Å². The molecule has 1 heterocycles. The molecule has 0 saturated carbocycles. The highest BCUT2D eigenvalue weighted by molar-refractivity contribution is 5.80. The van der Waals surface area contributed by atoms with Gasteiger partial charge in [0.25, 0.3) is 0 Å². The van der Waals surface area contributed by atoms with E-state index in [1.54, 1.807) is 4.90 Å². The summed E-state index contributed by atoms with van der Waals surface area (Å²) < 4.78 is 0. The second kappa shape index (κ2) is 7.81. The normalized spacial score (nSPS) is 11.1. The maximum atomic E-state index is 12.4. The van der Waals surface area contributed by atoms with Crippen LogP contribution in [0.4, 0.5) is 0 Å². The molecule has 124 valence electrons. The van der Waals surface area contributed by atoms with Crippen LogP contribution in [0.2, 0.25) is 0 Å². The summed E-state index contributed by atoms with van der Waals surface area (Å²) in [7, 11) is 0. The molecule has 0 aliphatic rings. The predicted molar refractivity (Wildman–Crippen MR) is 90.3 cm³/mol. The Morgan fingerprint density at radius 1 is 1.22 bits per heavy atom. The van der Waals surface area contributed by atoms with Gasteiger partial charge in [0.15, 0.2) is 0 Å². The average Bonchev–Trinajstić information content (AvgIpc) is 2.96. The van der Waals surface area contributed by atoms with E-state index in [-0.39, 0.29) is 18.9 Å². The van der Waals surface area contributed by atoms with E-state index in [0.29, 0.717) is 25.3 Å². The molecule has 23 heavy (non-hydrogen) atoms. The maximum absolute atomic E-state index is 12.4. The van der Waals surface area contributed by atoms with Crippen molar-refractivity contribution in [1.29, 1.82) is 0 Å². The van der Waals surface area contributed by atoms with Crippen molar-refractivity contribution in [3.05, 3.63) is 36.0 Å². The molecule has 2 aromatic rings. The number of hydrogen-bond donors (Lipinski definition) is 2. The number of fused-ring (bicyclic) bond motifs is 1. The zero-order chi connectivity index (χ0) is 16.8. The number of carbonyl (C=O) groups is 2. The lowest BCUT2D eigenvalue weighted by atomic mass is 10.1. The maximum Gasteiger partial charge on any atom is 0.305 e. The highest BCUT2D eigenvalue weighted by atomic mass is 16.4. The third-order valence-electron chi connectivity index (χ3n) is 3.78. The lowest BCUT2D eigenvalue weighted by Gasteiger charge is -2.24. The summed E-state index contributed by atoms with van der Waals surface area (Å²) >= 11 is 0. The van der Waals surface area contributed by atoms with E-state index in [9.17, 15) is 9.59 Å². The van der Waals surface area contributed by atoms with Gasteiger partial charge in [-0.05, 0) is 41.5 Å². The van der Waals surface area contributed by atoms with Gasteiger partial charge in [-0.2, -0.15) is 0 Å². The number of nitrogens with zero attached hydrogens (tertiary/aromatic N) is 1. The molecule has 0 atom stereocenters. The average molecular weight is 316 g/mol. The van der Waals surface area contributed by atoms with Gasteiger partial charge in [0, 0.05) is 31.2 Å². The number of amides is 1. The molecule has 5 heteroatoms. The number of hydrogen-bond acceptors (Lipinski definition) is 2. The van der Waals surface area contributed by atoms with E-state index < -0.39 is 5.97 Å². The van der Waals surface area contributed by atoms with Crippen molar-refractivity contribution < 1.29 is 14.7 Å². The van der Waals surface area contributed by atoms with Crippen LogP contribution >= 0.6 is 0 Å². The smallest absolute Gasteiger partial charge is 0.305 e. The minimum Gasteiger partial charge on any atom is -0.481 e. The number of aryl methyl sites for hydroxylation is 1. The molecule has 0 spiro atoms. The number of carboxylic acid groups (broad SMARTS) is 1. The number of aromatic nitrogens is 1. The zero-order valence-electron chi connectivity index (χ0n) is 13.7. The summed E-state index contributed by atoms with van der Waals surface area (Å²) in [4.78, 5) is 28.0. The Morgan fingerprint density at radius 2 is 2.00 bits per heavy atom. The lowest BCUT2D eigenvalue weighted by Crippen LogP contribution is -2.36. The van der Waals surface area contributed by atoms with Crippen LogP contribution in [-0.2, 0) is 16.0 Å². The molecular formula is C18H24N2O3. The molecule has 0 aliphatic heterocycles. The van der Waals surface area contributed by atoms with Gasteiger partial charge >= 0.3 is 5.97 Å². The number of carboxylic acids is 1. The second-order valence-corrected chi connectivity index (χ2v) is 6.28. The first-order valence-corrected chi connectivity index (χ1v) is 8.01. The van der Waals surface area contributed by atoms with Gasteiger partial charge in [0.2, 0.25) is 5.91 Å². The molecule has 0 fully saturated rings. The minimum absolute atomic E-state index is 0.00618. The van der Waals surface area contributed by atoms with Crippen LogP contribution in [0.1, 0.15) is 32.3 Å². The van der Waals surface area contributed by atoms with Crippen LogP contribution in [0.3, 0.4) is 0 Å². The van der Waals surface area contributed by atoms with Crippen molar-refractivity contribution in [3.63, 3.8) is 0 Å². The molecule has 2 N–H and O–H groups in total. The summed E-state index contributed by atoms with van der Waals surface area (Å²) in [6.07, 6.45) is 2.97. The Bertz CT molecular complexity index is 676. The van der Waals surface area contributed by atoms with Gasteiger partial charge in [0.05, 0.1) is 6.42 Å². The van der Waals surface area contributed by atoms with Gasteiger partial charge in [-0.25, -0.2) is 0 Å². The topological polar surface area (TPSA) is 73.4 Å². The van der Waals surface area contributed by atoms with E-state index >= 15 is 0 Å². The molecule has 0 bridgehead atoms. The van der Waals surface area contributed by atoms with Crippen molar-refractivity contribution in [2.75, 3.05) is 13.1 Å². The molecule has 1 aromatic carbocycles. The minimum atomic E-state index is -0.871. The van der Waals surface area contributed by atoms with E-state index in [1.807, 2.05) is 38.2 Å². The van der Waals surface area contributed by atoms with Crippen LogP contribution < -0.4 is 0 Å². The number of aliphatic carboxylic acids is 1. The van der Waals surface area contributed by atoms with Gasteiger partial charge in [-0.3, -0.25) is 9.59 Å². The lowest BCUT2D eigenvalue weighted by molar-refractivity contribution is -0.138. The quantitative estimate of drug-likeness (QED) is 0.786. The fourth-order valence-corrected chi connectivity index (χ4v) is 2.66. The number of carbonyl (C=O) groups excluding carboxylic acids is 1. The monoisotopic (exact) mass is 316 g/mol. The Balaban J connectivity index is 1.94. The molecule has 0 unspecified atom stereocenters. The number of nitrogens with one attached hydrogen (secondary N) is 1. The third-order valence-corrected chi connectivity index (χ3v) is 3.78. The summed E-state index contributed by atoms with van der Waals surface area (Å²) in [6, 6.07) is 8.14. The Labute approximate surface area is 136 Å². The highest BCUT2D eigenvalue weighted by Crippen LogP contribution is 2.16. The number of benzene rings is 1. The van der Waals surface area contributed by atoms with E-state index in [0.717, 1.165) is 16.5 Å². The first-order chi connectivity index (χ1) is 11.0. The van der Waals surface area contributed by atoms with Gasteiger partial charge in [-0.1, -0.05) is 19.9 Å². The molecule has 1 aromatic heterocycles. The van der Waals surface area contributed by atoms with E-state index in [1.165, 1.54) is 0 Å². The molecule has 5 nitrogen and oxygen atoms in total. The van der Waals surface area contributed by atoms with E-state index in [2.05, 4.69) is 11.1 Å². The number of aromatic amines is 1. The van der Waals surface area contributed by atoms with Gasteiger partial charge < -0.3 is 15.0 Å². The van der Waals surface area contributed by atoms with Crippen molar-refractivity contribution in [2.45, 2.75) is 33.1 Å². The van der Waals surface area contributed by atoms with Crippen molar-refractivity contribution in [1.82, 2.24) is 9.88 Å². The third kappa shape index (κ3) is 5.13. The van der Waals surface area contributed by atoms with Crippen LogP contribution in [0.5, 0.6) is 0 Å². The zero-order valence-corrected chi connectivity index (χ0v) is 13.7. The highest BCUT2D eigenvalue weighted by Gasteiger charge is 2.16. The van der Waals surface area contributed by atoms with Crippen LogP contribution in [0, 0.1) is 5.92 Å². The number of rotatable bonds is 8. The van der Waals surface area contributed by atoms with Crippen LogP contribution in [0.25, 0.3) is 10.9 Å². The van der Waals surface area contributed by atoms with E-state index in [4.69, 9.17) is 5.11 Å². The predicted octanol–water partition coefficient (Wildman–Crippen LogP) is 3.06. The molecule has 0 radical (unpaired) electrons. The Hall–Kier alpha value is -2.30. The van der Waals surface area contributed by atoms with Crippen molar-refractivity contribution >= 4 is 22.8 Å². The molecule has 0 saturated heterocycles. The van der Waals surface area contributed by atoms with Gasteiger partial charge in [0.1, 0.15) is 0 Å². The van der Waals surface area contributed by atoms with Crippen molar-refractivity contribution in [3.8, 4) is 0 Å². The van der Waals surface area contributed by atoms with Crippen LogP contribution in [-0.4, -0.2) is 40.0 Å². The molecule has 2 rings (SSSR count). The Morgan fingerprint density at radius 3 is 2.70 bits per heavy atom. The Kier molecular flexibility index (Phi) is 5.79. The largest absolute Gasteiger partial charge is 0.481 e. The summed E-state index contributed by atoms with van der Waals surface area (Å²) in [6.45, 7) is 4.94. The molecular weight excluding hydrogens is 292 g/mol. The summed E-state index contributed by atoms with van der Waals surface area (Å²) in [5, 5.41) is 9.96. The summed E-state index contributed by atoms with van der Waals surface area (Å²) in [5.74, 6) is -0.525. The standard InChI is InChI=1S/C18H24N2O3/c1-13(2)12-20(10-8-18(22)23)17(21)6-4-14-3-5-16-15(11-14)7-9-19-16/h3,5,7,9,11,13,19H,4,6,8,10,12H2,1-2H3,(H,22,23). The molecule has 0 aliphatic carbocycles. The van der Waals surface area contributed by atoms with Crippen LogP contribution in [0.15, 0.2) is 30.5 Å². The first kappa shape index (κ1) is 17.1. The fourth-order valence-electron chi connectivity index (χ4n) is 2.66. The SMILES string of the molecule is CC(C)CN(CCC(=O)O)C(=O)CCc1ccc2[nH]ccc2c1. The number of H-pyrrole nitrogens is 1. The fraction of sp³-hybridized carbons (Fsp3) is 0.444. The first-order valence-electron chi connectivity index (χ1n) is 8.01. The second-order valence-electron chi connectivity index (χ2n) is 6.28. The summed E-state index contributed by atoms with van der Waals surface area (Å²) in [5.41, 5.74) is 2.20. The molecule has 1 amide bonds.